The molecule has 0 bridgehead atoms. The number of benzene rings is 1. The summed E-state index contributed by atoms with van der Waals surface area (Å²) < 4.78 is 11.2. The zero-order valence-corrected chi connectivity index (χ0v) is 13.8. The molecule has 2 aliphatic carbocycles. The van der Waals surface area contributed by atoms with Crippen molar-refractivity contribution >= 4 is 18.3 Å². The van der Waals surface area contributed by atoms with Crippen molar-refractivity contribution in [1.29, 1.82) is 0 Å². The number of carbonyl (C=O) groups excluding carboxylic acids is 1. The van der Waals surface area contributed by atoms with Crippen molar-refractivity contribution in [1.82, 2.24) is 5.32 Å². The van der Waals surface area contributed by atoms with Gasteiger partial charge in [-0.15, -0.1) is 12.4 Å². The van der Waals surface area contributed by atoms with Crippen molar-refractivity contribution in [3.63, 3.8) is 0 Å². The third-order valence-electron chi connectivity index (χ3n) is 4.89. The highest BCUT2D eigenvalue weighted by Gasteiger charge is 2.45. The normalized spacial score (nSPS) is 26.0. The molecule has 0 saturated heterocycles. The van der Waals surface area contributed by atoms with Gasteiger partial charge in [-0.25, -0.2) is 0 Å². The molecule has 0 spiro atoms. The summed E-state index contributed by atoms with van der Waals surface area (Å²) in [6.45, 7) is 1.73. The molecule has 1 aromatic rings. The molecule has 2 saturated carbocycles. The number of amides is 1. The van der Waals surface area contributed by atoms with E-state index in [9.17, 15) is 4.79 Å². The Bertz CT molecular complexity index is 591. The SMILES string of the molecule is Cl.NCC(NC(=O)C1CC1c1ccc2c(c1)OCCO2)C1CC1. The summed E-state index contributed by atoms with van der Waals surface area (Å²) in [5, 5.41) is 3.13. The van der Waals surface area contributed by atoms with Crippen LogP contribution in [-0.2, 0) is 4.79 Å². The van der Waals surface area contributed by atoms with Crippen LogP contribution in [0.2, 0.25) is 0 Å². The van der Waals surface area contributed by atoms with E-state index >= 15 is 0 Å². The van der Waals surface area contributed by atoms with Crippen molar-refractivity contribution in [3.8, 4) is 11.5 Å². The second-order valence-electron chi connectivity index (χ2n) is 6.54. The first-order valence-corrected chi connectivity index (χ1v) is 8.16. The fraction of sp³-hybridized carbons (Fsp3) is 0.588. The molecule has 4 rings (SSSR count). The van der Waals surface area contributed by atoms with Crippen LogP contribution in [0.25, 0.3) is 0 Å². The largest absolute Gasteiger partial charge is 0.486 e. The van der Waals surface area contributed by atoms with Crippen molar-refractivity contribution in [3.05, 3.63) is 23.8 Å². The summed E-state index contributed by atoms with van der Waals surface area (Å²) in [7, 11) is 0. The van der Waals surface area contributed by atoms with Gasteiger partial charge in [-0.1, -0.05) is 6.07 Å². The van der Waals surface area contributed by atoms with Gasteiger partial charge < -0.3 is 20.5 Å². The van der Waals surface area contributed by atoms with Gasteiger partial charge in [0.2, 0.25) is 5.91 Å². The zero-order chi connectivity index (χ0) is 15.1. The molecule has 1 aromatic carbocycles. The maximum absolute atomic E-state index is 12.4. The molecule has 2 fully saturated rings. The van der Waals surface area contributed by atoms with Crippen molar-refractivity contribution in [2.24, 2.45) is 17.6 Å². The zero-order valence-electron chi connectivity index (χ0n) is 13.0. The second kappa shape index (κ2) is 6.57. The molecule has 5 nitrogen and oxygen atoms in total. The molecule has 1 heterocycles. The Morgan fingerprint density at radius 3 is 2.70 bits per heavy atom. The van der Waals surface area contributed by atoms with E-state index in [2.05, 4.69) is 5.32 Å². The van der Waals surface area contributed by atoms with Gasteiger partial charge >= 0.3 is 0 Å². The van der Waals surface area contributed by atoms with E-state index in [1.54, 1.807) is 0 Å². The van der Waals surface area contributed by atoms with Gasteiger partial charge in [-0.05, 0) is 48.8 Å². The molecule has 1 amide bonds. The lowest BCUT2D eigenvalue weighted by atomic mass is 10.1. The van der Waals surface area contributed by atoms with Crippen molar-refractivity contribution < 1.29 is 14.3 Å². The molecule has 126 valence electrons. The summed E-state index contributed by atoms with van der Waals surface area (Å²) in [5.74, 6) is 2.73. The van der Waals surface area contributed by atoms with E-state index in [4.69, 9.17) is 15.2 Å². The monoisotopic (exact) mass is 338 g/mol. The van der Waals surface area contributed by atoms with E-state index in [1.165, 1.54) is 18.4 Å². The molecule has 0 radical (unpaired) electrons. The minimum absolute atomic E-state index is 0. The lowest BCUT2D eigenvalue weighted by Crippen LogP contribution is -2.42. The summed E-state index contributed by atoms with van der Waals surface area (Å²) >= 11 is 0. The number of hydrogen-bond donors (Lipinski definition) is 2. The van der Waals surface area contributed by atoms with E-state index < -0.39 is 0 Å². The van der Waals surface area contributed by atoms with Gasteiger partial charge in [0.05, 0.1) is 0 Å². The fourth-order valence-corrected chi connectivity index (χ4v) is 3.30. The highest BCUT2D eigenvalue weighted by atomic mass is 35.5. The van der Waals surface area contributed by atoms with Crippen LogP contribution in [0, 0.1) is 11.8 Å². The van der Waals surface area contributed by atoms with E-state index in [1.807, 2.05) is 18.2 Å². The molecule has 3 atom stereocenters. The Kier molecular flexibility index (Phi) is 4.69. The first-order chi connectivity index (χ1) is 10.8. The van der Waals surface area contributed by atoms with Crippen LogP contribution in [0.5, 0.6) is 11.5 Å². The number of halogens is 1. The Hall–Kier alpha value is -1.46. The number of rotatable bonds is 5. The minimum atomic E-state index is 0. The smallest absolute Gasteiger partial charge is 0.224 e. The first-order valence-electron chi connectivity index (χ1n) is 8.16. The molecule has 23 heavy (non-hydrogen) atoms. The number of nitrogens with one attached hydrogen (secondary N) is 1. The van der Waals surface area contributed by atoms with Crippen LogP contribution in [0.4, 0.5) is 0 Å². The first kappa shape index (κ1) is 16.4. The standard InChI is InChI=1S/C17H22N2O3.ClH/c18-9-14(10-1-2-10)19-17(20)13-8-12(13)11-3-4-15-16(7-11)22-6-5-21-15;/h3-4,7,10,12-14H,1-2,5-6,8-9,18H2,(H,19,20);1H. The number of hydrogen-bond acceptors (Lipinski definition) is 4. The third kappa shape index (κ3) is 3.40. The lowest BCUT2D eigenvalue weighted by molar-refractivity contribution is -0.123. The van der Waals surface area contributed by atoms with Crippen molar-refractivity contribution in [2.45, 2.75) is 31.2 Å². The molecule has 6 heteroatoms. The average Bonchev–Trinajstić information content (AvgIpc) is 3.44. The molecular weight excluding hydrogens is 316 g/mol. The maximum atomic E-state index is 12.4. The average molecular weight is 339 g/mol. The van der Waals surface area contributed by atoms with E-state index in [-0.39, 0.29) is 30.3 Å². The van der Waals surface area contributed by atoms with Crippen LogP contribution in [0.1, 0.15) is 30.7 Å². The molecule has 1 aliphatic heterocycles. The third-order valence-corrected chi connectivity index (χ3v) is 4.89. The predicted molar refractivity (Wildman–Crippen MR) is 89.2 cm³/mol. The predicted octanol–water partition coefficient (Wildman–Crippen LogP) is 1.84. The van der Waals surface area contributed by atoms with E-state index in [0.29, 0.717) is 31.6 Å². The van der Waals surface area contributed by atoms with Crippen LogP contribution < -0.4 is 20.5 Å². The van der Waals surface area contributed by atoms with Crippen LogP contribution in [-0.4, -0.2) is 31.7 Å². The fourth-order valence-electron chi connectivity index (χ4n) is 3.30. The summed E-state index contributed by atoms with van der Waals surface area (Å²) in [6, 6.07) is 6.18. The molecule has 3 N–H and O–H groups in total. The lowest BCUT2D eigenvalue weighted by Gasteiger charge is -2.19. The van der Waals surface area contributed by atoms with Gasteiger partial charge in [0, 0.05) is 18.5 Å². The van der Waals surface area contributed by atoms with E-state index in [0.717, 1.165) is 17.9 Å². The van der Waals surface area contributed by atoms with Crippen LogP contribution >= 0.6 is 12.4 Å². The highest BCUT2D eigenvalue weighted by molar-refractivity contribution is 5.85. The van der Waals surface area contributed by atoms with Gasteiger partial charge in [0.15, 0.2) is 11.5 Å². The van der Waals surface area contributed by atoms with Gasteiger partial charge in [0.1, 0.15) is 13.2 Å². The number of nitrogens with two attached hydrogens (primary N) is 1. The number of fused-ring (bicyclic) bond motifs is 1. The van der Waals surface area contributed by atoms with Gasteiger partial charge in [-0.2, -0.15) is 0 Å². The number of ether oxygens (including phenoxy) is 2. The molecule has 0 aromatic heterocycles. The van der Waals surface area contributed by atoms with Gasteiger partial charge in [0.25, 0.3) is 0 Å². The highest BCUT2D eigenvalue weighted by Crippen LogP contribution is 2.49. The minimum Gasteiger partial charge on any atom is -0.486 e. The quantitative estimate of drug-likeness (QED) is 0.859. The topological polar surface area (TPSA) is 73.6 Å². The van der Waals surface area contributed by atoms with Crippen molar-refractivity contribution in [2.75, 3.05) is 19.8 Å². The number of carbonyl (C=O) groups is 1. The summed E-state index contributed by atoms with van der Waals surface area (Å²) in [6.07, 6.45) is 3.30. The Balaban J connectivity index is 0.00000156. The Labute approximate surface area is 142 Å². The van der Waals surface area contributed by atoms with Crippen LogP contribution in [0.3, 0.4) is 0 Å². The Morgan fingerprint density at radius 1 is 1.26 bits per heavy atom. The van der Waals surface area contributed by atoms with Crippen LogP contribution in [0.15, 0.2) is 18.2 Å². The molecule has 3 aliphatic rings. The Morgan fingerprint density at radius 2 is 2.00 bits per heavy atom. The maximum Gasteiger partial charge on any atom is 0.224 e. The summed E-state index contributed by atoms with van der Waals surface area (Å²) in [4.78, 5) is 12.4. The molecular formula is C17H23ClN2O3. The molecule has 3 unspecified atom stereocenters. The van der Waals surface area contributed by atoms with Gasteiger partial charge in [-0.3, -0.25) is 4.79 Å². The summed E-state index contributed by atoms with van der Waals surface area (Å²) in [5.41, 5.74) is 6.93. The second-order valence-corrected chi connectivity index (χ2v) is 6.54.